The molecule has 21 heavy (non-hydrogen) atoms. The Morgan fingerprint density at radius 3 is 2.86 bits per heavy atom. The van der Waals surface area contributed by atoms with Crippen LogP contribution in [-0.2, 0) is 12.8 Å². The number of nitrogens with one attached hydrogen (secondary N) is 1. The van der Waals surface area contributed by atoms with E-state index in [4.69, 9.17) is 4.52 Å². The van der Waals surface area contributed by atoms with Gasteiger partial charge in [-0.1, -0.05) is 23.7 Å². The van der Waals surface area contributed by atoms with Crippen molar-refractivity contribution in [3.8, 4) is 0 Å². The minimum absolute atomic E-state index is 0.229. The van der Waals surface area contributed by atoms with E-state index in [1.54, 1.807) is 12.1 Å². The smallest absolute Gasteiger partial charge is 0.226 e. The van der Waals surface area contributed by atoms with Crippen molar-refractivity contribution >= 4 is 0 Å². The van der Waals surface area contributed by atoms with Crippen molar-refractivity contribution < 1.29 is 8.91 Å². The average Bonchev–Trinajstić information content (AvgIpc) is 2.96. The molecule has 0 spiro atoms. The fraction of sp³-hybridized carbons (Fsp3) is 0.500. The molecule has 1 atom stereocenters. The first-order valence-corrected chi connectivity index (χ1v) is 7.59. The van der Waals surface area contributed by atoms with E-state index in [1.807, 2.05) is 0 Å². The summed E-state index contributed by atoms with van der Waals surface area (Å²) in [6.45, 7) is 1.12. The topological polar surface area (TPSA) is 51.0 Å². The van der Waals surface area contributed by atoms with Gasteiger partial charge in [0.05, 0.1) is 0 Å². The van der Waals surface area contributed by atoms with Crippen molar-refractivity contribution in [3.05, 3.63) is 47.4 Å². The fourth-order valence-corrected chi connectivity index (χ4v) is 2.72. The molecule has 1 unspecified atom stereocenters. The summed E-state index contributed by atoms with van der Waals surface area (Å²) in [6, 6.07) is 6.97. The molecular formula is C16H20FN3O. The molecule has 1 aliphatic rings. The van der Waals surface area contributed by atoms with Gasteiger partial charge in [-0.2, -0.15) is 4.98 Å². The molecule has 4 nitrogen and oxygen atoms in total. The Kier molecular flexibility index (Phi) is 4.60. The minimum atomic E-state index is -0.229. The van der Waals surface area contributed by atoms with Crippen LogP contribution in [0.2, 0.25) is 0 Å². The predicted octanol–water partition coefficient (Wildman–Crippen LogP) is 2.87. The monoisotopic (exact) mass is 289 g/mol. The fourth-order valence-electron chi connectivity index (χ4n) is 2.72. The van der Waals surface area contributed by atoms with E-state index in [9.17, 15) is 4.39 Å². The Hall–Kier alpha value is -1.75. The van der Waals surface area contributed by atoms with Gasteiger partial charge in [-0.25, -0.2) is 4.39 Å². The number of halogens is 1. The number of piperidine rings is 1. The number of benzene rings is 1. The lowest BCUT2D eigenvalue weighted by Crippen LogP contribution is -2.34. The number of hydrogen-bond acceptors (Lipinski definition) is 4. The molecule has 1 N–H and O–H groups in total. The molecule has 3 rings (SSSR count). The lowest BCUT2D eigenvalue weighted by atomic mass is 10.0. The van der Waals surface area contributed by atoms with Gasteiger partial charge >= 0.3 is 0 Å². The summed E-state index contributed by atoms with van der Waals surface area (Å²) in [5.41, 5.74) is 0.984. The second kappa shape index (κ2) is 6.80. The molecule has 2 heterocycles. The second-order valence-corrected chi connectivity index (χ2v) is 5.59. The van der Waals surface area contributed by atoms with Crippen molar-refractivity contribution in [2.45, 2.75) is 44.6 Å². The van der Waals surface area contributed by atoms with Crippen molar-refractivity contribution in [2.75, 3.05) is 6.54 Å². The minimum Gasteiger partial charge on any atom is -0.339 e. The molecule has 1 saturated heterocycles. The Bertz CT molecular complexity index is 561. The molecule has 1 fully saturated rings. The summed E-state index contributed by atoms with van der Waals surface area (Å²) in [5.74, 6) is 1.13. The van der Waals surface area contributed by atoms with Crippen LogP contribution in [0, 0.1) is 5.82 Å². The third kappa shape index (κ3) is 4.11. The van der Waals surface area contributed by atoms with E-state index in [1.165, 1.54) is 31.4 Å². The lowest BCUT2D eigenvalue weighted by molar-refractivity contribution is 0.341. The van der Waals surface area contributed by atoms with Crippen molar-refractivity contribution in [2.24, 2.45) is 0 Å². The zero-order valence-corrected chi connectivity index (χ0v) is 12.0. The molecule has 0 amide bonds. The first-order chi connectivity index (χ1) is 10.3. The number of aryl methyl sites for hydroxylation is 1. The third-order valence-corrected chi connectivity index (χ3v) is 3.90. The maximum atomic E-state index is 12.9. The van der Waals surface area contributed by atoms with Crippen LogP contribution in [0.15, 0.2) is 28.8 Å². The van der Waals surface area contributed by atoms with Crippen LogP contribution in [0.5, 0.6) is 0 Å². The Morgan fingerprint density at radius 1 is 1.24 bits per heavy atom. The molecule has 1 aromatic heterocycles. The largest absolute Gasteiger partial charge is 0.339 e. The highest BCUT2D eigenvalue weighted by atomic mass is 19.1. The SMILES string of the molecule is Fc1ccc(Cc2noc(CCC3CCCCN3)n2)cc1. The highest BCUT2D eigenvalue weighted by Crippen LogP contribution is 2.13. The molecule has 112 valence electrons. The van der Waals surface area contributed by atoms with Gasteiger partial charge in [0.2, 0.25) is 5.89 Å². The van der Waals surface area contributed by atoms with Gasteiger partial charge in [-0.05, 0) is 43.5 Å². The standard InChI is InChI=1S/C16H20FN3O/c17-13-6-4-12(5-7-13)11-15-19-16(21-20-15)9-8-14-3-1-2-10-18-14/h4-7,14,18H,1-3,8-11H2. The lowest BCUT2D eigenvalue weighted by Gasteiger charge is -2.22. The van der Waals surface area contributed by atoms with Gasteiger partial charge in [0.1, 0.15) is 5.82 Å². The van der Waals surface area contributed by atoms with Crippen LogP contribution in [-0.4, -0.2) is 22.7 Å². The highest BCUT2D eigenvalue weighted by molar-refractivity contribution is 5.19. The van der Waals surface area contributed by atoms with Crippen LogP contribution < -0.4 is 5.32 Å². The Labute approximate surface area is 123 Å². The number of rotatable bonds is 5. The number of hydrogen-bond donors (Lipinski definition) is 1. The van der Waals surface area contributed by atoms with Gasteiger partial charge < -0.3 is 9.84 Å². The zero-order chi connectivity index (χ0) is 14.5. The molecule has 0 saturated carbocycles. The molecule has 0 bridgehead atoms. The van der Waals surface area contributed by atoms with E-state index in [2.05, 4.69) is 15.5 Å². The van der Waals surface area contributed by atoms with Gasteiger partial charge in [0.15, 0.2) is 5.82 Å². The second-order valence-electron chi connectivity index (χ2n) is 5.59. The maximum absolute atomic E-state index is 12.9. The van der Waals surface area contributed by atoms with E-state index >= 15 is 0 Å². The highest BCUT2D eigenvalue weighted by Gasteiger charge is 2.14. The first kappa shape index (κ1) is 14.2. The quantitative estimate of drug-likeness (QED) is 0.919. The molecule has 1 aromatic carbocycles. The summed E-state index contributed by atoms with van der Waals surface area (Å²) in [6.07, 6.45) is 6.24. The summed E-state index contributed by atoms with van der Waals surface area (Å²) >= 11 is 0. The summed E-state index contributed by atoms with van der Waals surface area (Å²) in [5, 5.41) is 7.51. The summed E-state index contributed by atoms with van der Waals surface area (Å²) in [4.78, 5) is 4.41. The molecule has 0 aliphatic carbocycles. The molecule has 0 radical (unpaired) electrons. The van der Waals surface area contributed by atoms with Crippen LogP contribution in [0.1, 0.15) is 43.0 Å². The normalized spacial score (nSPS) is 18.8. The molecule has 5 heteroatoms. The van der Waals surface area contributed by atoms with Crippen molar-refractivity contribution in [1.82, 2.24) is 15.5 Å². The van der Waals surface area contributed by atoms with Crippen molar-refractivity contribution in [3.63, 3.8) is 0 Å². The van der Waals surface area contributed by atoms with E-state index < -0.39 is 0 Å². The summed E-state index contributed by atoms with van der Waals surface area (Å²) < 4.78 is 18.1. The van der Waals surface area contributed by atoms with Gasteiger partial charge in [-0.3, -0.25) is 0 Å². The zero-order valence-electron chi connectivity index (χ0n) is 12.0. The number of nitrogens with zero attached hydrogens (tertiary/aromatic N) is 2. The Balaban J connectivity index is 1.52. The average molecular weight is 289 g/mol. The van der Waals surface area contributed by atoms with Crippen molar-refractivity contribution in [1.29, 1.82) is 0 Å². The van der Waals surface area contributed by atoms with Crippen LogP contribution in [0.4, 0.5) is 4.39 Å². The van der Waals surface area contributed by atoms with Crippen LogP contribution >= 0.6 is 0 Å². The van der Waals surface area contributed by atoms with Gasteiger partial charge in [-0.15, -0.1) is 0 Å². The molecular weight excluding hydrogens is 269 g/mol. The van der Waals surface area contributed by atoms with Crippen LogP contribution in [0.25, 0.3) is 0 Å². The predicted molar refractivity (Wildman–Crippen MR) is 77.5 cm³/mol. The Morgan fingerprint density at radius 2 is 2.10 bits per heavy atom. The molecule has 1 aliphatic heterocycles. The van der Waals surface area contributed by atoms with E-state index in [0.717, 1.165) is 24.9 Å². The molecule has 2 aromatic rings. The maximum Gasteiger partial charge on any atom is 0.226 e. The van der Waals surface area contributed by atoms with Crippen LogP contribution in [0.3, 0.4) is 0 Å². The van der Waals surface area contributed by atoms with E-state index in [0.29, 0.717) is 24.2 Å². The first-order valence-electron chi connectivity index (χ1n) is 7.59. The third-order valence-electron chi connectivity index (χ3n) is 3.90. The van der Waals surface area contributed by atoms with Gasteiger partial charge in [0, 0.05) is 18.9 Å². The summed E-state index contributed by atoms with van der Waals surface area (Å²) in [7, 11) is 0. The van der Waals surface area contributed by atoms with E-state index in [-0.39, 0.29) is 5.82 Å². The van der Waals surface area contributed by atoms with Gasteiger partial charge in [0.25, 0.3) is 0 Å². The number of aromatic nitrogens is 2.